The van der Waals surface area contributed by atoms with Gasteiger partial charge in [-0.05, 0) is 83.5 Å². The van der Waals surface area contributed by atoms with Crippen LogP contribution in [0.2, 0.25) is 0 Å². The molecule has 4 aromatic heterocycles. The summed E-state index contributed by atoms with van der Waals surface area (Å²) in [6.45, 7) is 9.45. The fourth-order valence-corrected chi connectivity index (χ4v) is 7.26. The highest BCUT2D eigenvalue weighted by atomic mass is 16.2. The molecule has 270 valence electrons. The molecule has 1 aliphatic heterocycles. The van der Waals surface area contributed by atoms with Crippen LogP contribution in [-0.4, -0.2) is 81.3 Å². The fourth-order valence-electron chi connectivity index (χ4n) is 7.26. The van der Waals surface area contributed by atoms with Gasteiger partial charge >= 0.3 is 0 Å². The molecule has 5 heterocycles. The third-order valence-corrected chi connectivity index (χ3v) is 9.97. The maximum Gasteiger partial charge on any atom is 0.276 e. The largest absolute Gasteiger partial charge is 0.366 e. The van der Waals surface area contributed by atoms with E-state index in [1.165, 1.54) is 0 Å². The molecule has 1 aliphatic rings. The third-order valence-electron chi connectivity index (χ3n) is 9.97. The summed E-state index contributed by atoms with van der Waals surface area (Å²) in [5.74, 6) is 0.288. The number of carbonyl (C=O) groups is 3. The van der Waals surface area contributed by atoms with Crippen molar-refractivity contribution in [1.29, 1.82) is 0 Å². The predicted octanol–water partition coefficient (Wildman–Crippen LogP) is 4.55. The Morgan fingerprint density at radius 3 is 2.42 bits per heavy atom. The minimum absolute atomic E-state index is 0.0400. The number of carbonyl (C=O) groups excluding carboxylic acids is 3. The first-order chi connectivity index (χ1) is 25.1. The minimum atomic E-state index is -0.529. The lowest BCUT2D eigenvalue weighted by Crippen LogP contribution is -2.28. The second-order valence-electron chi connectivity index (χ2n) is 13.6. The van der Waals surface area contributed by atoms with E-state index in [1.54, 1.807) is 16.8 Å². The average Bonchev–Trinajstić information content (AvgIpc) is 3.86. The maximum absolute atomic E-state index is 14.2. The highest BCUT2D eigenvalue weighted by Gasteiger charge is 2.25. The van der Waals surface area contributed by atoms with Crippen LogP contribution in [0, 0.1) is 13.8 Å². The zero-order chi connectivity index (χ0) is 36.5. The summed E-state index contributed by atoms with van der Waals surface area (Å²) in [4.78, 5) is 51.9. The van der Waals surface area contributed by atoms with Crippen LogP contribution < -0.4 is 11.1 Å². The van der Waals surface area contributed by atoms with Crippen LogP contribution in [0.5, 0.6) is 0 Å². The van der Waals surface area contributed by atoms with E-state index in [4.69, 9.17) is 20.8 Å². The smallest absolute Gasteiger partial charge is 0.276 e. The molecule has 0 bridgehead atoms. The number of benzene rings is 2. The van der Waals surface area contributed by atoms with Crippen molar-refractivity contribution in [3.05, 3.63) is 88.3 Å². The van der Waals surface area contributed by atoms with Crippen molar-refractivity contribution in [1.82, 2.24) is 43.6 Å². The number of rotatable bonds is 2. The van der Waals surface area contributed by atoms with Gasteiger partial charge in [-0.25, -0.2) is 9.97 Å². The molecule has 0 spiro atoms. The van der Waals surface area contributed by atoms with E-state index in [9.17, 15) is 14.4 Å². The predicted molar refractivity (Wildman–Crippen MR) is 199 cm³/mol. The summed E-state index contributed by atoms with van der Waals surface area (Å²) >= 11 is 0. The van der Waals surface area contributed by atoms with E-state index in [0.717, 1.165) is 52.8 Å². The number of para-hydroxylation sites is 2. The Balaban J connectivity index is 1.25. The van der Waals surface area contributed by atoms with Gasteiger partial charge in [-0.3, -0.25) is 29.1 Å². The molecule has 0 aliphatic carbocycles. The number of hydrogen-bond acceptors (Lipinski definition) is 8. The fraction of sp³-hybridized carbons (Fsp3) is 0.395. The van der Waals surface area contributed by atoms with Gasteiger partial charge in [0.25, 0.3) is 5.91 Å². The van der Waals surface area contributed by atoms with E-state index < -0.39 is 5.91 Å². The Kier molecular flexibility index (Phi) is 9.73. The number of nitrogens with zero attached hydrogens (tertiary/aromatic N) is 9. The Morgan fingerprint density at radius 1 is 0.865 bits per heavy atom. The molecular formula is C38H45N11O3. The minimum Gasteiger partial charge on any atom is -0.366 e. The Morgan fingerprint density at radius 2 is 1.63 bits per heavy atom. The number of anilines is 1. The van der Waals surface area contributed by atoms with Crippen LogP contribution in [-0.2, 0) is 39.0 Å². The number of ketones is 1. The molecule has 0 fully saturated rings. The third kappa shape index (κ3) is 6.85. The number of nitrogens with two attached hydrogens (primary N) is 1. The number of likely N-dealkylation sites (N-methyl/N-ethyl adjacent to an activating group) is 1. The molecule has 0 saturated carbocycles. The van der Waals surface area contributed by atoms with Gasteiger partial charge in [0.15, 0.2) is 5.78 Å². The van der Waals surface area contributed by atoms with Gasteiger partial charge < -0.3 is 19.8 Å². The van der Waals surface area contributed by atoms with Gasteiger partial charge in [-0.15, -0.1) is 0 Å². The lowest BCUT2D eigenvalue weighted by atomic mass is 10.0. The van der Waals surface area contributed by atoms with Crippen LogP contribution in [0.3, 0.4) is 0 Å². The summed E-state index contributed by atoms with van der Waals surface area (Å²) in [5, 5.41) is 12.5. The molecule has 0 atom stereocenters. The van der Waals surface area contributed by atoms with Crippen LogP contribution in [0.4, 0.5) is 5.95 Å². The number of nitrogens with one attached hydrogen (secondary N) is 1. The van der Waals surface area contributed by atoms with Gasteiger partial charge in [0.2, 0.25) is 11.9 Å². The molecule has 2 aromatic carbocycles. The van der Waals surface area contributed by atoms with E-state index in [1.807, 2.05) is 73.5 Å². The number of aromatic nitrogens is 8. The normalized spacial score (nSPS) is 15.7. The molecular weight excluding hydrogens is 658 g/mol. The zero-order valence-electron chi connectivity index (χ0n) is 30.2. The molecule has 0 radical (unpaired) electrons. The molecule has 3 N–H and O–H groups in total. The topological polar surface area (TPSA) is 164 Å². The first-order valence-electron chi connectivity index (χ1n) is 18.0. The second-order valence-corrected chi connectivity index (χ2v) is 13.6. The quantitative estimate of drug-likeness (QED) is 0.265. The molecule has 14 heteroatoms. The number of Topliss-reactive ketones (excluding diaryl/α,β-unsaturated/α-hetero) is 1. The monoisotopic (exact) mass is 703 g/mol. The summed E-state index contributed by atoms with van der Waals surface area (Å²) in [5.41, 5.74) is 12.9. The average molecular weight is 704 g/mol. The Bertz CT molecular complexity index is 2310. The number of imidazole rings is 2. The summed E-state index contributed by atoms with van der Waals surface area (Å²) in [6, 6.07) is 14.9. The number of primary amides is 1. The summed E-state index contributed by atoms with van der Waals surface area (Å²) in [6.07, 6.45) is 3.34. The van der Waals surface area contributed by atoms with Gasteiger partial charge in [-0.2, -0.15) is 10.2 Å². The van der Waals surface area contributed by atoms with Gasteiger partial charge in [0, 0.05) is 50.4 Å². The summed E-state index contributed by atoms with van der Waals surface area (Å²) in [7, 11) is 2.04. The van der Waals surface area contributed by atoms with Crippen LogP contribution in [0.1, 0.15) is 80.3 Å². The van der Waals surface area contributed by atoms with Crippen molar-refractivity contribution in [2.75, 3.05) is 25.5 Å². The SMILES string of the molecule is CCn1nc(C)c2c1C(=O)Cc1nc3cc(C(N)=O)ccc3n1CCN(C)CCn1c(nc3ccccc31)NC(=O)c1cc(C)nn1CCCCC2. The standard InChI is InChI=1S/C38H45N11O3/c1-5-48-35-27(25(3)44-48)11-7-6-10-16-49-32(21-24(2)43-49)37(52)42-38-41-28-12-8-9-13-30(28)47(38)20-18-45(4)17-19-46-31-15-14-26(36(39)51)22-29(31)40-34(46)23-33(35)50/h8-9,12-15,21-22H,5-7,10-11,16-20,23H2,1-4H3,(H2,39,51)(H,41,42,52). The number of hydrogen-bond donors (Lipinski definition) is 2. The number of aryl methyl sites for hydroxylation is 4. The first kappa shape index (κ1) is 34.8. The molecule has 52 heavy (non-hydrogen) atoms. The number of amides is 2. The molecule has 0 saturated heterocycles. The molecule has 2 amide bonds. The van der Waals surface area contributed by atoms with Gasteiger partial charge in [0.1, 0.15) is 17.2 Å². The Labute approximate surface area is 301 Å². The lowest BCUT2D eigenvalue weighted by molar-refractivity contribution is 0.0974. The Hall–Kier alpha value is -5.63. The van der Waals surface area contributed by atoms with Gasteiger partial charge in [-0.1, -0.05) is 18.6 Å². The molecule has 7 rings (SSSR count). The van der Waals surface area contributed by atoms with E-state index in [-0.39, 0.29) is 18.1 Å². The van der Waals surface area contributed by atoms with Crippen LogP contribution in [0.25, 0.3) is 22.1 Å². The van der Waals surface area contributed by atoms with Crippen molar-refractivity contribution in [2.24, 2.45) is 5.73 Å². The highest BCUT2D eigenvalue weighted by molar-refractivity contribution is 6.03. The zero-order valence-corrected chi connectivity index (χ0v) is 30.2. The van der Waals surface area contributed by atoms with Crippen molar-refractivity contribution >= 4 is 45.6 Å². The van der Waals surface area contributed by atoms with Crippen molar-refractivity contribution in [2.45, 2.75) is 79.1 Å². The molecule has 6 aromatic rings. The van der Waals surface area contributed by atoms with Crippen molar-refractivity contribution in [3.8, 4) is 0 Å². The first-order valence-corrected chi connectivity index (χ1v) is 18.0. The van der Waals surface area contributed by atoms with E-state index in [2.05, 4.69) is 19.9 Å². The van der Waals surface area contributed by atoms with Gasteiger partial charge in [0.05, 0.1) is 39.9 Å². The van der Waals surface area contributed by atoms with Crippen LogP contribution in [0.15, 0.2) is 48.5 Å². The second kappa shape index (κ2) is 14.5. The van der Waals surface area contributed by atoms with Crippen LogP contribution >= 0.6 is 0 Å². The number of fused-ring (bicyclic) bond motifs is 8. The van der Waals surface area contributed by atoms with E-state index >= 15 is 0 Å². The highest BCUT2D eigenvalue weighted by Crippen LogP contribution is 2.24. The summed E-state index contributed by atoms with van der Waals surface area (Å²) < 4.78 is 7.71. The maximum atomic E-state index is 14.2. The van der Waals surface area contributed by atoms with Crippen molar-refractivity contribution < 1.29 is 14.4 Å². The molecule has 14 nitrogen and oxygen atoms in total. The van der Waals surface area contributed by atoms with E-state index in [0.29, 0.717) is 79.9 Å². The molecule has 0 unspecified atom stereocenters. The van der Waals surface area contributed by atoms with Crippen molar-refractivity contribution in [3.63, 3.8) is 0 Å². The lowest BCUT2D eigenvalue weighted by Gasteiger charge is -2.20.